The molecule has 0 spiro atoms. The zero-order chi connectivity index (χ0) is 19.6. The molecule has 2 amide bonds. The third-order valence-corrected chi connectivity index (χ3v) is 6.47. The summed E-state index contributed by atoms with van der Waals surface area (Å²) in [6.45, 7) is 2.05. The van der Waals surface area contributed by atoms with Gasteiger partial charge in [0.2, 0.25) is 5.91 Å². The van der Waals surface area contributed by atoms with E-state index in [-0.39, 0.29) is 23.0 Å². The molecular weight excluding hydrogens is 372 g/mol. The smallest absolute Gasteiger partial charge is 0.338 e. The molecule has 2 fully saturated rings. The van der Waals surface area contributed by atoms with E-state index in [1.165, 1.54) is 6.92 Å². The quantitative estimate of drug-likeness (QED) is 0.735. The van der Waals surface area contributed by atoms with Crippen LogP contribution in [0, 0.1) is 0 Å². The van der Waals surface area contributed by atoms with Crippen molar-refractivity contribution in [2.45, 2.75) is 38.3 Å². The fourth-order valence-electron chi connectivity index (χ4n) is 3.23. The number of hydrogen-bond acceptors (Lipinski definition) is 6. The molecule has 0 saturated carbocycles. The molecule has 0 bridgehead atoms. The summed E-state index contributed by atoms with van der Waals surface area (Å²) in [6.07, 6.45) is 0.572. The zero-order valence-electron chi connectivity index (χ0n) is 15.0. The van der Waals surface area contributed by atoms with Crippen LogP contribution in [0.25, 0.3) is 0 Å². The van der Waals surface area contributed by atoms with Gasteiger partial charge in [0.05, 0.1) is 17.1 Å². The van der Waals surface area contributed by atoms with Gasteiger partial charge in [-0.1, -0.05) is 6.07 Å². The number of carbonyl (C=O) groups excluding carboxylic acids is 3. The van der Waals surface area contributed by atoms with Gasteiger partial charge in [-0.05, 0) is 38.0 Å². The maximum atomic E-state index is 12.3. The van der Waals surface area contributed by atoms with Gasteiger partial charge in [-0.3, -0.25) is 9.59 Å². The van der Waals surface area contributed by atoms with Gasteiger partial charge in [-0.15, -0.1) is 0 Å². The first-order valence-corrected chi connectivity index (χ1v) is 10.7. The van der Waals surface area contributed by atoms with Crippen molar-refractivity contribution in [3.8, 4) is 0 Å². The Balaban J connectivity index is 1.59. The maximum Gasteiger partial charge on any atom is 0.338 e. The summed E-state index contributed by atoms with van der Waals surface area (Å²) in [4.78, 5) is 38.0. The molecule has 9 heteroatoms. The lowest BCUT2D eigenvalue weighted by Crippen LogP contribution is -2.42. The molecule has 0 unspecified atom stereocenters. The first-order valence-electron chi connectivity index (χ1n) is 8.87. The van der Waals surface area contributed by atoms with E-state index in [0.717, 1.165) is 6.42 Å². The first-order chi connectivity index (χ1) is 12.7. The Kier molecular flexibility index (Phi) is 5.50. The number of anilines is 1. The van der Waals surface area contributed by atoms with E-state index in [1.54, 1.807) is 29.2 Å². The van der Waals surface area contributed by atoms with Crippen molar-refractivity contribution >= 4 is 33.3 Å². The van der Waals surface area contributed by atoms with Crippen LogP contribution >= 0.6 is 0 Å². The topological polar surface area (TPSA) is 110 Å². The van der Waals surface area contributed by atoms with Gasteiger partial charge in [-0.25, -0.2) is 13.2 Å². The Bertz CT molecular complexity index is 866. The van der Waals surface area contributed by atoms with Crippen LogP contribution in [0.2, 0.25) is 0 Å². The SMILES string of the molecule is C[C@H](OC(=O)c1cccc(N2CCCC2=O)c1)C(=O)N[C@H]1CCS(=O)(=O)C1. The molecule has 2 heterocycles. The lowest BCUT2D eigenvalue weighted by Gasteiger charge is -2.18. The van der Waals surface area contributed by atoms with Crippen LogP contribution in [0.3, 0.4) is 0 Å². The van der Waals surface area contributed by atoms with Gasteiger partial charge in [0, 0.05) is 24.7 Å². The molecule has 2 aliphatic heterocycles. The van der Waals surface area contributed by atoms with Crippen molar-refractivity contribution < 1.29 is 27.5 Å². The highest BCUT2D eigenvalue weighted by atomic mass is 32.2. The number of esters is 1. The summed E-state index contributed by atoms with van der Waals surface area (Å²) in [5.41, 5.74) is 0.871. The Morgan fingerprint density at radius 3 is 2.74 bits per heavy atom. The Morgan fingerprint density at radius 1 is 1.33 bits per heavy atom. The molecule has 27 heavy (non-hydrogen) atoms. The predicted molar refractivity (Wildman–Crippen MR) is 98.1 cm³/mol. The largest absolute Gasteiger partial charge is 0.449 e. The molecule has 146 valence electrons. The van der Waals surface area contributed by atoms with Crippen molar-refractivity contribution in [2.24, 2.45) is 0 Å². The molecular formula is C18H22N2O6S. The molecule has 2 atom stereocenters. The van der Waals surface area contributed by atoms with E-state index < -0.39 is 33.9 Å². The second-order valence-electron chi connectivity index (χ2n) is 6.86. The number of sulfone groups is 1. The van der Waals surface area contributed by atoms with Crippen LogP contribution in [0.1, 0.15) is 36.5 Å². The van der Waals surface area contributed by atoms with E-state index in [4.69, 9.17) is 4.74 Å². The van der Waals surface area contributed by atoms with E-state index in [1.807, 2.05) is 0 Å². The Hall–Kier alpha value is -2.42. The highest BCUT2D eigenvalue weighted by Crippen LogP contribution is 2.22. The minimum atomic E-state index is -3.10. The summed E-state index contributed by atoms with van der Waals surface area (Å²) < 4.78 is 28.1. The van der Waals surface area contributed by atoms with Crippen LogP contribution in [-0.2, 0) is 24.2 Å². The second-order valence-corrected chi connectivity index (χ2v) is 9.08. The van der Waals surface area contributed by atoms with Crippen LogP contribution in [0.4, 0.5) is 5.69 Å². The van der Waals surface area contributed by atoms with Gasteiger partial charge < -0.3 is 15.0 Å². The van der Waals surface area contributed by atoms with E-state index >= 15 is 0 Å². The molecule has 2 aliphatic rings. The molecule has 2 saturated heterocycles. The lowest BCUT2D eigenvalue weighted by molar-refractivity contribution is -0.129. The molecule has 8 nitrogen and oxygen atoms in total. The first kappa shape index (κ1) is 19.3. The number of carbonyl (C=O) groups is 3. The number of nitrogens with one attached hydrogen (secondary N) is 1. The van der Waals surface area contributed by atoms with Gasteiger partial charge >= 0.3 is 5.97 Å². The normalized spacial score (nSPS) is 22.5. The predicted octanol–water partition coefficient (Wildman–Crippen LogP) is 0.662. The summed E-state index contributed by atoms with van der Waals surface area (Å²) >= 11 is 0. The Labute approximate surface area is 157 Å². The number of ether oxygens (including phenoxy) is 1. The number of rotatable bonds is 5. The maximum absolute atomic E-state index is 12.3. The minimum absolute atomic E-state index is 0.0137. The fourth-order valence-corrected chi connectivity index (χ4v) is 4.90. The summed E-state index contributed by atoms with van der Waals surface area (Å²) in [5, 5.41) is 2.60. The van der Waals surface area contributed by atoms with Gasteiger partial charge in [-0.2, -0.15) is 0 Å². The van der Waals surface area contributed by atoms with Crippen LogP contribution < -0.4 is 10.2 Å². The molecule has 3 rings (SSSR count). The number of nitrogens with zero attached hydrogens (tertiary/aromatic N) is 1. The highest BCUT2D eigenvalue weighted by molar-refractivity contribution is 7.91. The second kappa shape index (κ2) is 7.67. The summed E-state index contributed by atoms with van der Waals surface area (Å²) in [6, 6.07) is 6.08. The molecule has 0 aliphatic carbocycles. The minimum Gasteiger partial charge on any atom is -0.449 e. The average molecular weight is 394 g/mol. The van der Waals surface area contributed by atoms with Crippen molar-refractivity contribution in [3.05, 3.63) is 29.8 Å². The Morgan fingerprint density at radius 2 is 2.11 bits per heavy atom. The van der Waals surface area contributed by atoms with Gasteiger partial charge in [0.25, 0.3) is 5.91 Å². The monoisotopic (exact) mass is 394 g/mol. The van der Waals surface area contributed by atoms with Crippen LogP contribution in [-0.4, -0.2) is 56.4 Å². The van der Waals surface area contributed by atoms with Crippen molar-refractivity contribution in [3.63, 3.8) is 0 Å². The highest BCUT2D eigenvalue weighted by Gasteiger charge is 2.31. The molecule has 0 radical (unpaired) electrons. The third kappa shape index (κ3) is 4.65. The van der Waals surface area contributed by atoms with Gasteiger partial charge in [0.15, 0.2) is 15.9 Å². The van der Waals surface area contributed by atoms with Crippen LogP contribution in [0.15, 0.2) is 24.3 Å². The van der Waals surface area contributed by atoms with Gasteiger partial charge in [0.1, 0.15) is 0 Å². The number of amides is 2. The number of hydrogen-bond donors (Lipinski definition) is 1. The zero-order valence-corrected chi connectivity index (χ0v) is 15.8. The van der Waals surface area contributed by atoms with Crippen LogP contribution in [0.5, 0.6) is 0 Å². The molecule has 1 N–H and O–H groups in total. The molecule has 1 aromatic carbocycles. The van der Waals surface area contributed by atoms with E-state index in [9.17, 15) is 22.8 Å². The lowest BCUT2D eigenvalue weighted by atomic mass is 10.2. The van der Waals surface area contributed by atoms with Crippen molar-refractivity contribution in [1.29, 1.82) is 0 Å². The van der Waals surface area contributed by atoms with Crippen molar-refractivity contribution in [1.82, 2.24) is 5.32 Å². The average Bonchev–Trinajstić information content (AvgIpc) is 3.19. The third-order valence-electron chi connectivity index (χ3n) is 4.70. The summed E-state index contributed by atoms with van der Waals surface area (Å²) in [5.74, 6) is -1.24. The fraction of sp³-hybridized carbons (Fsp3) is 0.500. The standard InChI is InChI=1S/C18H22N2O6S/c1-12(17(22)19-14-7-9-27(24,25)11-14)26-18(23)13-4-2-5-15(10-13)20-8-3-6-16(20)21/h2,4-5,10,12,14H,3,6-9,11H2,1H3,(H,19,22)/t12-,14-/m0/s1. The van der Waals surface area contributed by atoms with E-state index in [2.05, 4.69) is 5.32 Å². The summed E-state index contributed by atoms with van der Waals surface area (Å²) in [7, 11) is -3.10. The van der Waals surface area contributed by atoms with E-state index in [0.29, 0.717) is 25.1 Å². The molecule has 0 aromatic heterocycles. The molecule has 1 aromatic rings. The van der Waals surface area contributed by atoms with Crippen molar-refractivity contribution in [2.75, 3.05) is 23.0 Å². The number of benzene rings is 1.